The van der Waals surface area contributed by atoms with Crippen LogP contribution in [0.3, 0.4) is 0 Å². The van der Waals surface area contributed by atoms with Crippen LogP contribution >= 0.6 is 12.2 Å². The predicted molar refractivity (Wildman–Crippen MR) is 50.9 cm³/mol. The Morgan fingerprint density at radius 1 is 1.75 bits per heavy atom. The molecule has 0 aromatic carbocycles. The molecule has 64 valence electrons. The second kappa shape index (κ2) is 2.29. The first kappa shape index (κ1) is 7.73. The first-order valence-corrected chi connectivity index (χ1v) is 4.34. The third-order valence-corrected chi connectivity index (χ3v) is 2.92. The molecule has 1 aromatic rings. The molecule has 0 amide bonds. The van der Waals surface area contributed by atoms with E-state index in [1.54, 1.807) is 6.33 Å². The van der Waals surface area contributed by atoms with Crippen molar-refractivity contribution in [3.05, 3.63) is 18.2 Å². The molecular formula is C8H11N3S. The van der Waals surface area contributed by atoms with E-state index < -0.39 is 0 Å². The highest BCUT2D eigenvalue weighted by atomic mass is 32.1. The molecule has 1 saturated carbocycles. The standard InChI is InChI=1S/C8H11N3S/c1-11-5-10-4-6(11)8(2-3-8)7(9)12/h4-5H,2-3H2,1H3,(H2,9,12). The van der Waals surface area contributed by atoms with E-state index in [1.807, 2.05) is 17.8 Å². The number of aromatic nitrogens is 2. The number of hydrogen-bond donors (Lipinski definition) is 1. The van der Waals surface area contributed by atoms with Gasteiger partial charge in [-0.2, -0.15) is 0 Å². The van der Waals surface area contributed by atoms with Gasteiger partial charge in [0.2, 0.25) is 0 Å². The van der Waals surface area contributed by atoms with Gasteiger partial charge in [0.05, 0.1) is 16.7 Å². The van der Waals surface area contributed by atoms with E-state index in [1.165, 1.54) is 0 Å². The lowest BCUT2D eigenvalue weighted by atomic mass is 10.0. The monoisotopic (exact) mass is 181 g/mol. The summed E-state index contributed by atoms with van der Waals surface area (Å²) in [6.45, 7) is 0. The highest BCUT2D eigenvalue weighted by molar-refractivity contribution is 7.80. The van der Waals surface area contributed by atoms with Crippen molar-refractivity contribution in [2.75, 3.05) is 0 Å². The normalized spacial score (nSPS) is 19.1. The van der Waals surface area contributed by atoms with Crippen molar-refractivity contribution in [2.45, 2.75) is 18.3 Å². The van der Waals surface area contributed by atoms with Crippen LogP contribution in [0.5, 0.6) is 0 Å². The smallest absolute Gasteiger partial charge is 0.0945 e. The zero-order chi connectivity index (χ0) is 8.77. The molecular weight excluding hydrogens is 170 g/mol. The third kappa shape index (κ3) is 0.876. The summed E-state index contributed by atoms with van der Waals surface area (Å²) in [4.78, 5) is 4.66. The van der Waals surface area contributed by atoms with Gasteiger partial charge in [-0.15, -0.1) is 0 Å². The van der Waals surface area contributed by atoms with Gasteiger partial charge in [0, 0.05) is 18.9 Å². The lowest BCUT2D eigenvalue weighted by molar-refractivity contribution is 0.773. The highest BCUT2D eigenvalue weighted by Gasteiger charge is 2.49. The second-order valence-corrected chi connectivity index (χ2v) is 3.78. The Morgan fingerprint density at radius 2 is 2.42 bits per heavy atom. The molecule has 2 N–H and O–H groups in total. The third-order valence-electron chi connectivity index (χ3n) is 2.53. The first-order chi connectivity index (χ1) is 5.67. The highest BCUT2D eigenvalue weighted by Crippen LogP contribution is 2.47. The summed E-state index contributed by atoms with van der Waals surface area (Å²) in [6.07, 6.45) is 5.78. The fourth-order valence-electron chi connectivity index (χ4n) is 1.57. The van der Waals surface area contributed by atoms with Crippen LogP contribution in [0, 0.1) is 0 Å². The zero-order valence-electron chi connectivity index (χ0n) is 6.95. The molecule has 0 radical (unpaired) electrons. The maximum Gasteiger partial charge on any atom is 0.0945 e. The van der Waals surface area contributed by atoms with Gasteiger partial charge < -0.3 is 10.3 Å². The molecule has 1 aliphatic rings. The molecule has 12 heavy (non-hydrogen) atoms. The average Bonchev–Trinajstić information content (AvgIpc) is 2.71. The summed E-state index contributed by atoms with van der Waals surface area (Å²) < 4.78 is 1.99. The fourth-order valence-corrected chi connectivity index (χ4v) is 1.88. The Kier molecular flexibility index (Phi) is 1.48. The molecule has 0 spiro atoms. The second-order valence-electron chi connectivity index (χ2n) is 3.34. The first-order valence-electron chi connectivity index (χ1n) is 3.93. The Balaban J connectivity index is 2.43. The van der Waals surface area contributed by atoms with Gasteiger partial charge >= 0.3 is 0 Å². The number of nitrogens with two attached hydrogens (primary N) is 1. The van der Waals surface area contributed by atoms with Crippen molar-refractivity contribution in [3.8, 4) is 0 Å². The van der Waals surface area contributed by atoms with Gasteiger partial charge in [0.15, 0.2) is 0 Å². The van der Waals surface area contributed by atoms with Crippen molar-refractivity contribution in [2.24, 2.45) is 12.8 Å². The number of hydrogen-bond acceptors (Lipinski definition) is 2. The molecule has 3 nitrogen and oxygen atoms in total. The van der Waals surface area contributed by atoms with Crippen LogP contribution in [0.2, 0.25) is 0 Å². The molecule has 4 heteroatoms. The van der Waals surface area contributed by atoms with E-state index in [-0.39, 0.29) is 5.41 Å². The van der Waals surface area contributed by atoms with E-state index in [9.17, 15) is 0 Å². The van der Waals surface area contributed by atoms with Gasteiger partial charge in [0.1, 0.15) is 0 Å². The SMILES string of the molecule is Cn1cncc1C1(C(N)=S)CC1. The number of rotatable bonds is 2. The topological polar surface area (TPSA) is 43.8 Å². The Bertz CT molecular complexity index is 325. The van der Waals surface area contributed by atoms with E-state index in [0.717, 1.165) is 18.5 Å². The van der Waals surface area contributed by atoms with E-state index in [2.05, 4.69) is 4.98 Å². The molecule has 1 aliphatic carbocycles. The summed E-state index contributed by atoms with van der Waals surface area (Å²) in [6, 6.07) is 0. The summed E-state index contributed by atoms with van der Waals surface area (Å²) in [5.41, 5.74) is 6.80. The lowest BCUT2D eigenvalue weighted by Gasteiger charge is -2.13. The Labute approximate surface area is 76.6 Å². The minimum Gasteiger partial charge on any atom is -0.393 e. The summed E-state index contributed by atoms with van der Waals surface area (Å²) in [7, 11) is 1.97. The van der Waals surface area contributed by atoms with Crippen molar-refractivity contribution < 1.29 is 0 Å². The van der Waals surface area contributed by atoms with Crippen LogP contribution in [0.15, 0.2) is 12.5 Å². The Morgan fingerprint density at radius 3 is 2.75 bits per heavy atom. The molecule has 2 rings (SSSR count). The van der Waals surface area contributed by atoms with Crippen molar-refractivity contribution in [3.63, 3.8) is 0 Å². The van der Waals surface area contributed by atoms with Crippen LogP contribution in [0.25, 0.3) is 0 Å². The largest absolute Gasteiger partial charge is 0.393 e. The van der Waals surface area contributed by atoms with E-state index in [4.69, 9.17) is 18.0 Å². The van der Waals surface area contributed by atoms with Crippen LogP contribution < -0.4 is 5.73 Å². The number of thiocarbonyl (C=S) groups is 1. The predicted octanol–water partition coefficient (Wildman–Crippen LogP) is 0.738. The summed E-state index contributed by atoms with van der Waals surface area (Å²) >= 11 is 5.04. The fraction of sp³-hybridized carbons (Fsp3) is 0.500. The number of nitrogens with zero attached hydrogens (tertiary/aromatic N) is 2. The lowest BCUT2D eigenvalue weighted by Crippen LogP contribution is -2.28. The quantitative estimate of drug-likeness (QED) is 0.684. The van der Waals surface area contributed by atoms with Gasteiger partial charge in [0.25, 0.3) is 0 Å². The van der Waals surface area contributed by atoms with Gasteiger partial charge in [-0.25, -0.2) is 4.98 Å². The van der Waals surface area contributed by atoms with Gasteiger partial charge in [-0.1, -0.05) is 12.2 Å². The number of aryl methyl sites for hydroxylation is 1. The number of imidazole rings is 1. The molecule has 1 heterocycles. The van der Waals surface area contributed by atoms with Crippen LogP contribution in [0.4, 0.5) is 0 Å². The van der Waals surface area contributed by atoms with E-state index in [0.29, 0.717) is 4.99 Å². The van der Waals surface area contributed by atoms with Crippen LogP contribution in [-0.4, -0.2) is 14.5 Å². The summed E-state index contributed by atoms with van der Waals surface area (Å²) in [5.74, 6) is 0. The van der Waals surface area contributed by atoms with Crippen molar-refractivity contribution >= 4 is 17.2 Å². The summed E-state index contributed by atoms with van der Waals surface area (Å²) in [5, 5.41) is 0. The Hall–Kier alpha value is -0.900. The zero-order valence-corrected chi connectivity index (χ0v) is 7.77. The molecule has 0 unspecified atom stereocenters. The minimum absolute atomic E-state index is 0.0272. The molecule has 1 aromatic heterocycles. The van der Waals surface area contributed by atoms with Crippen molar-refractivity contribution in [1.82, 2.24) is 9.55 Å². The van der Waals surface area contributed by atoms with Gasteiger partial charge in [-0.3, -0.25) is 0 Å². The average molecular weight is 181 g/mol. The van der Waals surface area contributed by atoms with Crippen molar-refractivity contribution in [1.29, 1.82) is 0 Å². The van der Waals surface area contributed by atoms with E-state index >= 15 is 0 Å². The molecule has 1 fully saturated rings. The maximum atomic E-state index is 5.68. The molecule has 0 bridgehead atoms. The maximum absolute atomic E-state index is 5.68. The van der Waals surface area contributed by atoms with Crippen LogP contribution in [-0.2, 0) is 12.5 Å². The van der Waals surface area contributed by atoms with Crippen LogP contribution in [0.1, 0.15) is 18.5 Å². The van der Waals surface area contributed by atoms with Gasteiger partial charge in [-0.05, 0) is 12.8 Å². The molecule has 0 saturated heterocycles. The minimum atomic E-state index is -0.0272. The molecule has 0 atom stereocenters. The molecule has 0 aliphatic heterocycles.